The molecule has 1 atom stereocenters. The number of aryl methyl sites for hydroxylation is 1. The van der Waals surface area contributed by atoms with Gasteiger partial charge in [0.25, 0.3) is 0 Å². The van der Waals surface area contributed by atoms with Gasteiger partial charge in [0, 0.05) is 35.7 Å². The number of hydrogen-bond acceptors (Lipinski definition) is 3. The van der Waals surface area contributed by atoms with E-state index < -0.39 is 0 Å². The Morgan fingerprint density at radius 2 is 1.57 bits per heavy atom. The normalized spacial score (nSPS) is 19.5. The number of ketones is 1. The van der Waals surface area contributed by atoms with Gasteiger partial charge in [0.2, 0.25) is 5.91 Å². The summed E-state index contributed by atoms with van der Waals surface area (Å²) in [5.74, 6) is 0.722. The molecule has 1 aliphatic carbocycles. The van der Waals surface area contributed by atoms with Crippen LogP contribution in [0.25, 0.3) is 0 Å². The van der Waals surface area contributed by atoms with Gasteiger partial charge in [0.15, 0.2) is 5.78 Å². The molecule has 35 heavy (non-hydrogen) atoms. The Bertz CT molecular complexity index is 1270. The number of carbonyl (C=O) groups is 2. The van der Waals surface area contributed by atoms with E-state index in [0.717, 1.165) is 39.4 Å². The van der Waals surface area contributed by atoms with E-state index in [-0.39, 0.29) is 29.4 Å². The Morgan fingerprint density at radius 1 is 0.886 bits per heavy atom. The van der Waals surface area contributed by atoms with Gasteiger partial charge in [-0.15, -0.1) is 0 Å². The van der Waals surface area contributed by atoms with Crippen molar-refractivity contribution in [2.24, 2.45) is 5.41 Å². The summed E-state index contributed by atoms with van der Waals surface area (Å²) in [6.07, 6.45) is 1.47. The highest BCUT2D eigenvalue weighted by Gasteiger charge is 2.44. The van der Waals surface area contributed by atoms with Crippen LogP contribution < -0.4 is 9.64 Å². The Labute approximate surface area is 207 Å². The van der Waals surface area contributed by atoms with Crippen molar-refractivity contribution in [2.45, 2.75) is 52.6 Å². The number of anilines is 1. The maximum absolute atomic E-state index is 13.5. The van der Waals surface area contributed by atoms with Gasteiger partial charge in [-0.05, 0) is 54.2 Å². The second kappa shape index (κ2) is 9.18. The molecule has 3 aromatic carbocycles. The van der Waals surface area contributed by atoms with Crippen LogP contribution in [0.3, 0.4) is 0 Å². The van der Waals surface area contributed by atoms with E-state index in [1.165, 1.54) is 0 Å². The van der Waals surface area contributed by atoms with Crippen LogP contribution in [-0.4, -0.2) is 11.7 Å². The quantitative estimate of drug-likeness (QED) is 0.419. The maximum Gasteiger partial charge on any atom is 0.232 e. The third-order valence-corrected chi connectivity index (χ3v) is 6.97. The van der Waals surface area contributed by atoms with Crippen LogP contribution in [0.15, 0.2) is 90.1 Å². The number of ether oxygens (including phenoxy) is 1. The minimum Gasteiger partial charge on any atom is -0.489 e. The maximum atomic E-state index is 13.5. The molecule has 0 radical (unpaired) electrons. The summed E-state index contributed by atoms with van der Waals surface area (Å²) in [5.41, 5.74) is 5.53. The van der Waals surface area contributed by atoms with Gasteiger partial charge in [-0.1, -0.05) is 74.0 Å². The first kappa shape index (κ1) is 23.1. The minimum atomic E-state index is -0.231. The van der Waals surface area contributed by atoms with E-state index >= 15 is 0 Å². The van der Waals surface area contributed by atoms with Crippen LogP contribution in [0, 0.1) is 12.3 Å². The molecule has 0 bridgehead atoms. The van der Waals surface area contributed by atoms with E-state index in [1.807, 2.05) is 85.8 Å². The molecule has 0 saturated heterocycles. The third kappa shape index (κ3) is 4.79. The lowest BCUT2D eigenvalue weighted by Crippen LogP contribution is -2.43. The van der Waals surface area contributed by atoms with Crippen molar-refractivity contribution in [3.8, 4) is 5.75 Å². The molecular weight excluding hydrogens is 434 g/mol. The number of amides is 1. The molecule has 5 rings (SSSR count). The van der Waals surface area contributed by atoms with Crippen molar-refractivity contribution < 1.29 is 14.3 Å². The van der Waals surface area contributed by atoms with Gasteiger partial charge in [-0.25, -0.2) is 0 Å². The summed E-state index contributed by atoms with van der Waals surface area (Å²) in [6, 6.07) is 25.9. The van der Waals surface area contributed by atoms with Crippen molar-refractivity contribution in [3.63, 3.8) is 0 Å². The first-order valence-electron chi connectivity index (χ1n) is 12.2. The van der Waals surface area contributed by atoms with Gasteiger partial charge in [-0.3, -0.25) is 14.5 Å². The van der Waals surface area contributed by atoms with Gasteiger partial charge in [0.1, 0.15) is 12.4 Å². The van der Waals surface area contributed by atoms with E-state index in [9.17, 15) is 9.59 Å². The topological polar surface area (TPSA) is 46.6 Å². The predicted molar refractivity (Wildman–Crippen MR) is 138 cm³/mol. The summed E-state index contributed by atoms with van der Waals surface area (Å²) in [7, 11) is 0. The van der Waals surface area contributed by atoms with E-state index in [4.69, 9.17) is 4.74 Å². The molecule has 1 heterocycles. The van der Waals surface area contributed by atoms with Crippen molar-refractivity contribution in [1.29, 1.82) is 0 Å². The monoisotopic (exact) mass is 465 g/mol. The average Bonchev–Trinajstić information content (AvgIpc) is 2.83. The summed E-state index contributed by atoms with van der Waals surface area (Å²) < 4.78 is 5.94. The molecule has 2 aliphatic rings. The van der Waals surface area contributed by atoms with E-state index in [1.54, 1.807) is 4.90 Å². The molecule has 1 aliphatic heterocycles. The fourth-order valence-electron chi connectivity index (χ4n) is 5.23. The standard InChI is InChI=1S/C31H31NO3/c1-21-9-13-24(14-10-21)32-27-18-31(2,3)19-28(33)30(27)26(17-29(32)34)23-11-15-25(16-12-23)35-20-22-7-5-4-6-8-22/h4-16,26H,17-20H2,1-3H3. The molecule has 178 valence electrons. The Kier molecular flexibility index (Phi) is 6.06. The summed E-state index contributed by atoms with van der Waals surface area (Å²) in [6.45, 7) is 6.74. The number of carbonyl (C=O) groups excluding carboxylic acids is 2. The van der Waals surface area contributed by atoms with Gasteiger partial charge < -0.3 is 4.74 Å². The highest BCUT2D eigenvalue weighted by atomic mass is 16.5. The number of hydrogen-bond donors (Lipinski definition) is 0. The average molecular weight is 466 g/mol. The number of Topliss-reactive ketones (excluding diaryl/α,β-unsaturated/α-hetero) is 1. The highest BCUT2D eigenvalue weighted by molar-refractivity contribution is 6.07. The SMILES string of the molecule is Cc1ccc(N2C(=O)CC(c3ccc(OCc4ccccc4)cc3)C3=C2CC(C)(C)CC3=O)cc1. The van der Waals surface area contributed by atoms with Crippen LogP contribution in [-0.2, 0) is 16.2 Å². The summed E-state index contributed by atoms with van der Waals surface area (Å²) in [4.78, 5) is 28.8. The molecule has 1 unspecified atom stereocenters. The van der Waals surface area contributed by atoms with Crippen LogP contribution in [0.2, 0.25) is 0 Å². The van der Waals surface area contributed by atoms with E-state index in [2.05, 4.69) is 13.8 Å². The lowest BCUT2D eigenvalue weighted by molar-refractivity contribution is -0.121. The largest absolute Gasteiger partial charge is 0.489 e. The molecule has 0 fully saturated rings. The first-order chi connectivity index (χ1) is 16.8. The van der Waals surface area contributed by atoms with Crippen LogP contribution in [0.4, 0.5) is 5.69 Å². The van der Waals surface area contributed by atoms with Crippen molar-refractivity contribution in [2.75, 3.05) is 4.90 Å². The molecule has 3 aromatic rings. The number of benzene rings is 3. The molecule has 4 heteroatoms. The van der Waals surface area contributed by atoms with Crippen molar-refractivity contribution >= 4 is 17.4 Å². The smallest absolute Gasteiger partial charge is 0.232 e. The molecule has 0 aromatic heterocycles. The first-order valence-corrected chi connectivity index (χ1v) is 12.2. The zero-order valence-corrected chi connectivity index (χ0v) is 20.6. The van der Waals surface area contributed by atoms with Gasteiger partial charge in [-0.2, -0.15) is 0 Å². The summed E-state index contributed by atoms with van der Waals surface area (Å²) >= 11 is 0. The molecule has 4 nitrogen and oxygen atoms in total. The van der Waals surface area contributed by atoms with Crippen molar-refractivity contribution in [1.82, 2.24) is 0 Å². The molecular formula is C31H31NO3. The Morgan fingerprint density at radius 3 is 2.26 bits per heavy atom. The van der Waals surface area contributed by atoms with Crippen LogP contribution in [0.5, 0.6) is 5.75 Å². The third-order valence-electron chi connectivity index (χ3n) is 6.97. The fraction of sp³-hybridized carbons (Fsp3) is 0.290. The number of rotatable bonds is 5. The van der Waals surface area contributed by atoms with Crippen LogP contribution >= 0.6 is 0 Å². The second-order valence-electron chi connectivity index (χ2n) is 10.5. The molecule has 0 spiro atoms. The number of allylic oxidation sites excluding steroid dienone is 2. The Hall–Kier alpha value is -3.66. The van der Waals surface area contributed by atoms with Crippen LogP contribution in [0.1, 0.15) is 55.7 Å². The molecule has 0 N–H and O–H groups in total. The highest BCUT2D eigenvalue weighted by Crippen LogP contribution is 2.48. The summed E-state index contributed by atoms with van der Waals surface area (Å²) in [5, 5.41) is 0. The molecule has 1 amide bonds. The Balaban J connectivity index is 1.47. The zero-order valence-electron chi connectivity index (χ0n) is 20.6. The predicted octanol–water partition coefficient (Wildman–Crippen LogP) is 6.74. The second-order valence-corrected chi connectivity index (χ2v) is 10.5. The fourth-order valence-corrected chi connectivity index (χ4v) is 5.23. The lowest BCUT2D eigenvalue weighted by atomic mass is 9.69. The van der Waals surface area contributed by atoms with Crippen molar-refractivity contribution in [3.05, 3.63) is 107 Å². The molecule has 0 saturated carbocycles. The van der Waals surface area contributed by atoms with Gasteiger partial charge in [0.05, 0.1) is 0 Å². The zero-order chi connectivity index (χ0) is 24.6. The lowest BCUT2D eigenvalue weighted by Gasteiger charge is -2.43. The number of nitrogens with zero attached hydrogens (tertiary/aromatic N) is 1. The van der Waals surface area contributed by atoms with E-state index in [0.29, 0.717) is 19.4 Å². The van der Waals surface area contributed by atoms with Gasteiger partial charge >= 0.3 is 0 Å². The minimum absolute atomic E-state index is 0.0347.